The molecule has 1 aliphatic rings. The minimum atomic E-state index is -1.19. The first kappa shape index (κ1) is 23.9. The van der Waals surface area contributed by atoms with E-state index in [0.29, 0.717) is 12.3 Å². The van der Waals surface area contributed by atoms with Crippen LogP contribution in [0.15, 0.2) is 12.2 Å². The van der Waals surface area contributed by atoms with E-state index in [2.05, 4.69) is 58.2 Å². The Morgan fingerprint density at radius 2 is 1.96 bits per heavy atom. The Labute approximate surface area is 171 Å². The molecule has 0 aromatic heterocycles. The van der Waals surface area contributed by atoms with E-state index in [-0.39, 0.29) is 5.60 Å². The number of hydrogen-bond acceptors (Lipinski definition) is 4. The summed E-state index contributed by atoms with van der Waals surface area (Å²) in [5.41, 5.74) is -0.0724. The fraction of sp³-hybridized carbons (Fsp3) is 0.857. The number of carboxylic acid groups (broad SMARTS) is 1. The third-order valence-corrected chi connectivity index (χ3v) is 6.18. The molecule has 0 heterocycles. The molecule has 0 spiro atoms. The lowest BCUT2D eigenvalue weighted by Gasteiger charge is -2.24. The van der Waals surface area contributed by atoms with Gasteiger partial charge in [0.05, 0.1) is 5.60 Å². The monoisotopic (exact) mass is 402 g/mol. The van der Waals surface area contributed by atoms with E-state index in [1.54, 1.807) is 0 Å². The van der Waals surface area contributed by atoms with Crippen molar-refractivity contribution in [1.29, 1.82) is 0 Å². The van der Waals surface area contributed by atoms with Crippen LogP contribution in [0.5, 0.6) is 0 Å². The molecule has 0 bridgehead atoms. The van der Waals surface area contributed by atoms with Crippen molar-refractivity contribution in [2.24, 2.45) is 11.8 Å². The van der Waals surface area contributed by atoms with E-state index in [9.17, 15) is 4.79 Å². The van der Waals surface area contributed by atoms with Gasteiger partial charge in [0.15, 0.2) is 4.08 Å². The molecule has 0 aromatic carbocycles. The van der Waals surface area contributed by atoms with Gasteiger partial charge in [-0.15, -0.1) is 0 Å². The van der Waals surface area contributed by atoms with Gasteiger partial charge in [0, 0.05) is 6.61 Å². The van der Waals surface area contributed by atoms with Crippen molar-refractivity contribution in [3.63, 3.8) is 0 Å². The Kier molecular flexibility index (Phi) is 10.7. The summed E-state index contributed by atoms with van der Waals surface area (Å²) < 4.78 is 4.71. The normalized spacial score (nSPS) is 21.6. The van der Waals surface area contributed by atoms with Crippen LogP contribution >= 0.6 is 25.3 Å². The second-order valence-corrected chi connectivity index (χ2v) is 10.2. The molecule has 152 valence electrons. The molecule has 26 heavy (non-hydrogen) atoms. The second-order valence-electron chi connectivity index (χ2n) is 8.32. The minimum Gasteiger partial charge on any atom is -0.480 e. The molecule has 1 fully saturated rings. The summed E-state index contributed by atoms with van der Waals surface area (Å²) in [5.74, 6) is 0.531. The van der Waals surface area contributed by atoms with Gasteiger partial charge in [0.2, 0.25) is 0 Å². The number of carboxylic acids is 1. The average Bonchev–Trinajstić information content (AvgIpc) is 2.99. The maximum atomic E-state index is 11.0. The van der Waals surface area contributed by atoms with Crippen molar-refractivity contribution in [2.45, 2.75) is 94.7 Å². The fourth-order valence-corrected chi connectivity index (χ4v) is 4.02. The molecule has 1 rings (SSSR count). The standard InChI is InChI=1S/C21H38O3S2/c1-4-16-24-20(2,3)14-9-13-18-12-8-11-17(18)10-6-5-7-15-21(25,26)19(22)23/h9,13,17-18,25-26H,4-8,10-12,14-16H2,1-3H3,(H,22,23)/t17-,18+/m0/s1. The molecular formula is C21H38O3S2. The first-order valence-corrected chi connectivity index (χ1v) is 11.1. The quantitative estimate of drug-likeness (QED) is 0.150. The van der Waals surface area contributed by atoms with Crippen molar-refractivity contribution < 1.29 is 14.6 Å². The molecule has 0 aromatic rings. The van der Waals surface area contributed by atoms with Crippen molar-refractivity contribution >= 4 is 31.2 Å². The Bertz CT molecular complexity index is 447. The molecular weight excluding hydrogens is 364 g/mol. The van der Waals surface area contributed by atoms with Gasteiger partial charge in [-0.2, -0.15) is 25.3 Å². The van der Waals surface area contributed by atoms with Crippen LogP contribution in [0.1, 0.15) is 85.0 Å². The molecule has 0 unspecified atom stereocenters. The third-order valence-electron chi connectivity index (χ3n) is 5.35. The molecule has 1 N–H and O–H groups in total. The van der Waals surface area contributed by atoms with Gasteiger partial charge in [-0.1, -0.05) is 44.8 Å². The zero-order chi connectivity index (χ0) is 19.6. The molecule has 0 aliphatic heterocycles. The van der Waals surface area contributed by atoms with Crippen LogP contribution in [0, 0.1) is 11.8 Å². The highest BCUT2D eigenvalue weighted by Crippen LogP contribution is 2.37. The number of thiol groups is 2. The lowest BCUT2D eigenvalue weighted by Crippen LogP contribution is -2.25. The zero-order valence-electron chi connectivity index (χ0n) is 16.7. The Morgan fingerprint density at radius 3 is 2.62 bits per heavy atom. The lowest BCUT2D eigenvalue weighted by atomic mass is 9.89. The molecule has 0 radical (unpaired) electrons. The maximum Gasteiger partial charge on any atom is 0.329 e. The first-order valence-electron chi connectivity index (χ1n) is 10.2. The summed E-state index contributed by atoms with van der Waals surface area (Å²) >= 11 is 8.23. The van der Waals surface area contributed by atoms with Gasteiger partial charge < -0.3 is 9.84 Å². The highest BCUT2D eigenvalue weighted by Gasteiger charge is 2.29. The van der Waals surface area contributed by atoms with E-state index in [0.717, 1.165) is 44.6 Å². The van der Waals surface area contributed by atoms with Crippen molar-refractivity contribution in [1.82, 2.24) is 0 Å². The number of unbranched alkanes of at least 4 members (excludes halogenated alkanes) is 2. The predicted octanol–water partition coefficient (Wildman–Crippen LogP) is 6.15. The van der Waals surface area contributed by atoms with Crippen molar-refractivity contribution in [3.8, 4) is 0 Å². The van der Waals surface area contributed by atoms with Gasteiger partial charge in [-0.3, -0.25) is 0 Å². The van der Waals surface area contributed by atoms with Crippen molar-refractivity contribution in [3.05, 3.63) is 12.2 Å². The fourth-order valence-electron chi connectivity index (χ4n) is 3.70. The number of rotatable bonds is 13. The SMILES string of the molecule is CCCOC(C)(C)CC=C[C@H]1CCC[C@@H]1CCCCCC(S)(S)C(=O)O. The summed E-state index contributed by atoms with van der Waals surface area (Å²) in [4.78, 5) is 11.0. The molecule has 5 heteroatoms. The third kappa shape index (κ3) is 9.18. The van der Waals surface area contributed by atoms with Gasteiger partial charge in [0.1, 0.15) is 0 Å². The van der Waals surface area contributed by atoms with Crippen LogP contribution in [-0.4, -0.2) is 27.4 Å². The van der Waals surface area contributed by atoms with Crippen LogP contribution < -0.4 is 0 Å². The lowest BCUT2D eigenvalue weighted by molar-refractivity contribution is -0.137. The van der Waals surface area contributed by atoms with E-state index in [1.165, 1.54) is 25.7 Å². The number of allylic oxidation sites excluding steroid dienone is 1. The molecule has 3 nitrogen and oxygen atoms in total. The Morgan fingerprint density at radius 1 is 1.23 bits per heavy atom. The van der Waals surface area contributed by atoms with E-state index >= 15 is 0 Å². The van der Waals surface area contributed by atoms with Gasteiger partial charge in [-0.05, 0) is 64.2 Å². The molecule has 2 atom stereocenters. The predicted molar refractivity (Wildman–Crippen MR) is 116 cm³/mol. The Balaban J connectivity index is 2.28. The van der Waals surface area contributed by atoms with E-state index in [4.69, 9.17) is 9.84 Å². The summed E-state index contributed by atoms with van der Waals surface area (Å²) in [7, 11) is 0. The van der Waals surface area contributed by atoms with Gasteiger partial charge in [0.25, 0.3) is 0 Å². The number of aliphatic carboxylic acids is 1. The molecule has 0 saturated heterocycles. The number of ether oxygens (including phenoxy) is 1. The summed E-state index contributed by atoms with van der Waals surface area (Å²) in [6, 6.07) is 0. The molecule has 0 amide bonds. The molecule has 1 saturated carbocycles. The Hall–Kier alpha value is -0.130. The van der Waals surface area contributed by atoms with Crippen molar-refractivity contribution in [2.75, 3.05) is 6.61 Å². The first-order chi connectivity index (χ1) is 12.2. The van der Waals surface area contributed by atoms with Crippen LogP contribution in [-0.2, 0) is 9.53 Å². The van der Waals surface area contributed by atoms with Crippen LogP contribution in [0.2, 0.25) is 0 Å². The highest BCUT2D eigenvalue weighted by molar-refractivity contribution is 8.01. The second kappa shape index (κ2) is 11.7. The minimum absolute atomic E-state index is 0.0724. The number of carbonyl (C=O) groups is 1. The average molecular weight is 403 g/mol. The van der Waals surface area contributed by atoms with Crippen LogP contribution in [0.3, 0.4) is 0 Å². The molecule has 1 aliphatic carbocycles. The zero-order valence-corrected chi connectivity index (χ0v) is 18.5. The number of hydrogen-bond donors (Lipinski definition) is 3. The summed E-state index contributed by atoms with van der Waals surface area (Å²) in [5, 5.41) is 9.02. The summed E-state index contributed by atoms with van der Waals surface area (Å²) in [6.07, 6.45) is 15.6. The van der Waals surface area contributed by atoms with Crippen LogP contribution in [0.25, 0.3) is 0 Å². The smallest absolute Gasteiger partial charge is 0.329 e. The maximum absolute atomic E-state index is 11.0. The van der Waals surface area contributed by atoms with Gasteiger partial charge in [-0.25, -0.2) is 4.79 Å². The topological polar surface area (TPSA) is 46.5 Å². The summed E-state index contributed by atoms with van der Waals surface area (Å²) in [6.45, 7) is 7.30. The van der Waals surface area contributed by atoms with Crippen LogP contribution in [0.4, 0.5) is 0 Å². The highest BCUT2D eigenvalue weighted by atomic mass is 32.2. The van der Waals surface area contributed by atoms with Gasteiger partial charge >= 0.3 is 5.97 Å². The van der Waals surface area contributed by atoms with E-state index in [1.807, 2.05) is 0 Å². The van der Waals surface area contributed by atoms with E-state index < -0.39 is 10.0 Å². The largest absolute Gasteiger partial charge is 0.480 e.